The highest BCUT2D eigenvalue weighted by Gasteiger charge is 2.11. The van der Waals surface area contributed by atoms with Crippen molar-refractivity contribution in [3.8, 4) is 0 Å². The zero-order valence-electron chi connectivity index (χ0n) is 39.2. The second-order valence-electron chi connectivity index (χ2n) is 15.7. The van der Waals surface area contributed by atoms with E-state index in [0.29, 0.717) is 0 Å². The van der Waals surface area contributed by atoms with Gasteiger partial charge < -0.3 is 4.90 Å². The Bertz CT molecular complexity index is 543. The lowest BCUT2D eigenvalue weighted by Gasteiger charge is -2.28. The van der Waals surface area contributed by atoms with E-state index in [1.807, 2.05) is 6.92 Å². The zero-order valence-corrected chi connectivity index (χ0v) is 39.2. The first-order chi connectivity index (χ1) is 25.4. The van der Waals surface area contributed by atoms with Crippen molar-refractivity contribution in [3.63, 3.8) is 0 Å². The molecular formula is C51H109N. The summed E-state index contributed by atoms with van der Waals surface area (Å²) in [4.78, 5) is 2.78. The van der Waals surface area contributed by atoms with Crippen molar-refractivity contribution in [1.29, 1.82) is 0 Å². The van der Waals surface area contributed by atoms with E-state index in [-0.39, 0.29) is 0 Å². The van der Waals surface area contributed by atoms with E-state index in [0.717, 1.165) is 17.9 Å². The molecule has 0 fully saturated rings. The Morgan fingerprint density at radius 3 is 0.942 bits per heavy atom. The molecule has 0 amide bonds. The maximum atomic E-state index is 3.36. The Balaban J connectivity index is -0.000000259. The molecule has 0 aliphatic rings. The van der Waals surface area contributed by atoms with Gasteiger partial charge in [-0.2, -0.15) is 0 Å². The van der Waals surface area contributed by atoms with Crippen molar-refractivity contribution in [2.45, 2.75) is 281 Å². The second-order valence-corrected chi connectivity index (χ2v) is 15.7. The van der Waals surface area contributed by atoms with Crippen LogP contribution in [0.2, 0.25) is 0 Å². The fraction of sp³-hybridized carbons (Fsp3) is 0.922. The van der Waals surface area contributed by atoms with E-state index in [4.69, 9.17) is 0 Å². The van der Waals surface area contributed by atoms with Gasteiger partial charge in [-0.25, -0.2) is 0 Å². The summed E-state index contributed by atoms with van der Waals surface area (Å²) in [6.07, 6.45) is 45.9. The van der Waals surface area contributed by atoms with E-state index in [1.54, 1.807) is 6.08 Å². The van der Waals surface area contributed by atoms with E-state index >= 15 is 0 Å². The summed E-state index contributed by atoms with van der Waals surface area (Å²) in [6, 6.07) is 0.767. The summed E-state index contributed by atoms with van der Waals surface area (Å²) < 4.78 is 0. The predicted octanol–water partition coefficient (Wildman–Crippen LogP) is 19.1. The molecule has 0 aromatic heterocycles. The van der Waals surface area contributed by atoms with Crippen LogP contribution in [0.25, 0.3) is 0 Å². The van der Waals surface area contributed by atoms with Gasteiger partial charge in [-0.15, -0.1) is 19.7 Å². The molecular weight excluding hydrogens is 627 g/mol. The molecule has 0 spiro atoms. The normalized spacial score (nSPS) is 11.6. The average Bonchev–Trinajstić information content (AvgIpc) is 3.17. The number of hydrogen-bond donors (Lipinski definition) is 0. The number of nitrogens with zero attached hydrogens (tertiary/aromatic N) is 1. The second kappa shape index (κ2) is 59.7. The van der Waals surface area contributed by atoms with Crippen LogP contribution in [-0.4, -0.2) is 24.0 Å². The van der Waals surface area contributed by atoms with Gasteiger partial charge in [0.15, 0.2) is 0 Å². The Kier molecular flexibility index (Phi) is 69.7. The Morgan fingerprint density at radius 2 is 0.673 bits per heavy atom. The average molecular weight is 736 g/mol. The summed E-state index contributed by atoms with van der Waals surface area (Å²) in [6.45, 7) is 37.1. The largest absolute Gasteiger partial charge is 0.301 e. The lowest BCUT2D eigenvalue weighted by molar-refractivity contribution is 0.195. The Hall–Kier alpha value is -0.560. The number of unbranched alkanes of at least 4 members (excludes halogenated alkanes) is 19. The van der Waals surface area contributed by atoms with Crippen LogP contribution in [0.5, 0.6) is 0 Å². The standard InChI is InChI=1S/C28H59N.C10H22.C8H18.C3H6.C2H4/c1-6-10-12-14-17-21-25-29(27(5)8-3)26-22-18-15-16-20-24-28(9-4)23-19-13-11-7-2;1-3-5-7-9-10-8-6-4-2;1-4-7-8(5-2)6-3;1-3-2;1-2/h27-28H,6-26H2,1-5H3;3-10H2,1-2H3;8H,4-7H2,1-3H3;3H,1H2,2H3;1-2H2. The number of allylic oxidation sites excluding steroid dienone is 1. The molecule has 0 N–H and O–H groups in total. The van der Waals surface area contributed by atoms with Crippen LogP contribution >= 0.6 is 0 Å². The SMILES string of the molecule is C=C.C=CC.CCCC(CC)CC.CCCCCCCCCC.CCCCCCCCN(CCCCCCCC(CC)CCCCCC)C(C)CC. The minimum Gasteiger partial charge on any atom is -0.301 e. The molecule has 0 aliphatic carbocycles. The maximum absolute atomic E-state index is 3.36. The summed E-state index contributed by atoms with van der Waals surface area (Å²) in [5.74, 6) is 2.00. The molecule has 0 heterocycles. The van der Waals surface area contributed by atoms with Gasteiger partial charge in [0.05, 0.1) is 0 Å². The van der Waals surface area contributed by atoms with Gasteiger partial charge in [0.1, 0.15) is 0 Å². The topological polar surface area (TPSA) is 3.24 Å². The van der Waals surface area contributed by atoms with Gasteiger partial charge in [0.2, 0.25) is 0 Å². The van der Waals surface area contributed by atoms with Gasteiger partial charge in [0.25, 0.3) is 0 Å². The van der Waals surface area contributed by atoms with Crippen LogP contribution in [0.15, 0.2) is 25.8 Å². The van der Waals surface area contributed by atoms with Crippen LogP contribution in [-0.2, 0) is 0 Å². The minimum atomic E-state index is 0.767. The lowest BCUT2D eigenvalue weighted by Crippen LogP contribution is -2.34. The summed E-state index contributed by atoms with van der Waals surface area (Å²) in [5, 5.41) is 0. The minimum absolute atomic E-state index is 0.767. The first kappa shape index (κ1) is 60.7. The molecule has 2 unspecified atom stereocenters. The van der Waals surface area contributed by atoms with E-state index in [1.165, 1.54) is 212 Å². The summed E-state index contributed by atoms with van der Waals surface area (Å²) in [5.41, 5.74) is 0. The fourth-order valence-corrected chi connectivity index (χ4v) is 6.91. The van der Waals surface area contributed by atoms with Crippen LogP contribution < -0.4 is 0 Å². The maximum Gasteiger partial charge on any atom is 0.00643 e. The lowest BCUT2D eigenvalue weighted by atomic mass is 9.92. The van der Waals surface area contributed by atoms with Gasteiger partial charge in [-0.1, -0.05) is 248 Å². The van der Waals surface area contributed by atoms with Crippen molar-refractivity contribution in [2.75, 3.05) is 13.1 Å². The van der Waals surface area contributed by atoms with E-state index in [2.05, 4.69) is 93.9 Å². The van der Waals surface area contributed by atoms with E-state index < -0.39 is 0 Å². The Morgan fingerprint density at radius 1 is 0.385 bits per heavy atom. The number of hydrogen-bond acceptors (Lipinski definition) is 1. The molecule has 52 heavy (non-hydrogen) atoms. The van der Waals surface area contributed by atoms with Crippen LogP contribution in [0.4, 0.5) is 0 Å². The number of rotatable bonds is 34. The van der Waals surface area contributed by atoms with Crippen LogP contribution in [0.3, 0.4) is 0 Å². The van der Waals surface area contributed by atoms with Crippen LogP contribution in [0.1, 0.15) is 275 Å². The highest BCUT2D eigenvalue weighted by atomic mass is 15.1. The molecule has 0 saturated carbocycles. The predicted molar refractivity (Wildman–Crippen MR) is 249 cm³/mol. The molecule has 0 aliphatic heterocycles. The van der Waals surface area contributed by atoms with Gasteiger partial charge in [-0.05, 0) is 58.0 Å². The molecule has 0 aromatic rings. The molecule has 1 nitrogen and oxygen atoms in total. The zero-order chi connectivity index (χ0) is 40.4. The van der Waals surface area contributed by atoms with Crippen molar-refractivity contribution in [3.05, 3.63) is 25.8 Å². The van der Waals surface area contributed by atoms with E-state index in [9.17, 15) is 0 Å². The van der Waals surface area contributed by atoms with Crippen molar-refractivity contribution >= 4 is 0 Å². The van der Waals surface area contributed by atoms with Gasteiger partial charge in [0, 0.05) is 6.04 Å². The molecule has 0 rings (SSSR count). The first-order valence-electron chi connectivity index (χ1n) is 24.2. The molecule has 318 valence electrons. The third-order valence-corrected chi connectivity index (χ3v) is 10.9. The van der Waals surface area contributed by atoms with Crippen LogP contribution in [0, 0.1) is 11.8 Å². The smallest absolute Gasteiger partial charge is 0.00643 e. The quantitative estimate of drug-likeness (QED) is 0.0470. The molecule has 0 bridgehead atoms. The Labute approximate surface area is 335 Å². The summed E-state index contributed by atoms with van der Waals surface area (Å²) >= 11 is 0. The molecule has 0 radical (unpaired) electrons. The molecule has 1 heteroatoms. The highest BCUT2D eigenvalue weighted by molar-refractivity contribution is 4.67. The molecule has 0 aromatic carbocycles. The van der Waals surface area contributed by atoms with Gasteiger partial charge >= 0.3 is 0 Å². The van der Waals surface area contributed by atoms with Crippen molar-refractivity contribution in [1.82, 2.24) is 4.90 Å². The summed E-state index contributed by atoms with van der Waals surface area (Å²) in [7, 11) is 0. The fourth-order valence-electron chi connectivity index (χ4n) is 6.91. The third kappa shape index (κ3) is 56.2. The van der Waals surface area contributed by atoms with Crippen molar-refractivity contribution < 1.29 is 0 Å². The van der Waals surface area contributed by atoms with Gasteiger partial charge in [-0.3, -0.25) is 0 Å². The highest BCUT2D eigenvalue weighted by Crippen LogP contribution is 2.21. The van der Waals surface area contributed by atoms with Crippen molar-refractivity contribution in [2.24, 2.45) is 11.8 Å². The molecule has 2 atom stereocenters. The first-order valence-corrected chi connectivity index (χ1v) is 24.2. The third-order valence-electron chi connectivity index (χ3n) is 10.9. The molecule has 0 saturated heterocycles. The monoisotopic (exact) mass is 736 g/mol.